The Hall–Kier alpha value is -1.06. The Kier molecular flexibility index (Phi) is 4.59. The molecule has 80 valence electrons. The lowest BCUT2D eigenvalue weighted by Crippen LogP contribution is -1.99. The van der Waals surface area contributed by atoms with E-state index in [1.54, 1.807) is 0 Å². The van der Waals surface area contributed by atoms with Crippen LogP contribution >= 0.6 is 23.2 Å². The zero-order valence-corrected chi connectivity index (χ0v) is 9.13. The van der Waals surface area contributed by atoms with Crippen molar-refractivity contribution in [1.29, 1.82) is 0 Å². The number of nitrogens with zero attached hydrogens (tertiary/aromatic N) is 1. The van der Waals surface area contributed by atoms with Crippen LogP contribution in [0.3, 0.4) is 0 Å². The molecule has 0 aliphatic carbocycles. The van der Waals surface area contributed by atoms with Crippen molar-refractivity contribution < 1.29 is 9.60 Å². The van der Waals surface area contributed by atoms with Gasteiger partial charge in [0.15, 0.2) is 0 Å². The summed E-state index contributed by atoms with van der Waals surface area (Å²) in [5.41, 5.74) is 0.985. The second-order valence-corrected chi connectivity index (χ2v) is 3.76. The molecule has 0 spiro atoms. The van der Waals surface area contributed by atoms with Gasteiger partial charge in [-0.2, -0.15) is 0 Å². The summed E-state index contributed by atoms with van der Waals surface area (Å²) < 4.78 is 12.7. The Morgan fingerprint density at radius 2 is 1.93 bits per heavy atom. The van der Waals surface area contributed by atoms with Gasteiger partial charge in [0.25, 0.3) is 0 Å². The second-order valence-electron chi connectivity index (χ2n) is 2.75. The number of halogens is 3. The lowest BCUT2D eigenvalue weighted by molar-refractivity contribution is 0.318. The predicted molar refractivity (Wildman–Crippen MR) is 59.1 cm³/mol. The molecule has 0 aliphatic rings. The van der Waals surface area contributed by atoms with Gasteiger partial charge in [-0.25, -0.2) is 4.39 Å². The third kappa shape index (κ3) is 3.90. The van der Waals surface area contributed by atoms with E-state index in [4.69, 9.17) is 28.4 Å². The summed E-state index contributed by atoms with van der Waals surface area (Å²) >= 11 is 10.8. The largest absolute Gasteiger partial charge is 0.411 e. The SMILES string of the molecule is O/N=C(/CC=C(Cl)Cl)c1ccc(F)cc1. The molecule has 0 amide bonds. The van der Waals surface area contributed by atoms with Crippen LogP contribution in [-0.2, 0) is 0 Å². The lowest BCUT2D eigenvalue weighted by atomic mass is 10.1. The molecule has 0 heterocycles. The molecule has 1 N–H and O–H groups in total. The molecule has 1 aromatic rings. The molecule has 0 saturated heterocycles. The maximum absolute atomic E-state index is 12.6. The van der Waals surface area contributed by atoms with Crippen LogP contribution in [0.15, 0.2) is 40.0 Å². The molecule has 0 bridgehead atoms. The number of benzene rings is 1. The van der Waals surface area contributed by atoms with Crippen LogP contribution in [0, 0.1) is 5.82 Å². The average molecular weight is 248 g/mol. The third-order valence-corrected chi connectivity index (χ3v) is 2.06. The minimum Gasteiger partial charge on any atom is -0.411 e. The van der Waals surface area contributed by atoms with Crippen molar-refractivity contribution in [2.45, 2.75) is 6.42 Å². The molecule has 1 aromatic carbocycles. The van der Waals surface area contributed by atoms with Gasteiger partial charge in [0.05, 0.1) is 5.71 Å². The standard InChI is InChI=1S/C10H8Cl2FNO/c11-10(12)6-5-9(14-15)7-1-3-8(13)4-2-7/h1-4,6,15H,5H2/b14-9-. The first-order valence-corrected chi connectivity index (χ1v) is 4.87. The van der Waals surface area contributed by atoms with Gasteiger partial charge in [0.2, 0.25) is 0 Å². The minimum atomic E-state index is -0.345. The summed E-state index contributed by atoms with van der Waals surface area (Å²) in [4.78, 5) is 0. The van der Waals surface area contributed by atoms with Crippen LogP contribution in [0.5, 0.6) is 0 Å². The number of hydrogen-bond acceptors (Lipinski definition) is 2. The Morgan fingerprint density at radius 3 is 2.40 bits per heavy atom. The fourth-order valence-corrected chi connectivity index (χ4v) is 1.19. The van der Waals surface area contributed by atoms with E-state index in [2.05, 4.69) is 5.16 Å². The van der Waals surface area contributed by atoms with E-state index in [1.165, 1.54) is 30.3 Å². The molecule has 0 fully saturated rings. The zero-order valence-electron chi connectivity index (χ0n) is 7.62. The van der Waals surface area contributed by atoms with Crippen molar-refractivity contribution in [1.82, 2.24) is 0 Å². The number of allylic oxidation sites excluding steroid dienone is 1. The van der Waals surface area contributed by atoms with E-state index in [-0.39, 0.29) is 16.7 Å². The molecule has 0 saturated carbocycles. The third-order valence-electron chi connectivity index (χ3n) is 1.75. The number of rotatable bonds is 3. The first kappa shape index (κ1) is 12.0. The smallest absolute Gasteiger partial charge is 0.123 e. The summed E-state index contributed by atoms with van der Waals surface area (Å²) in [6.07, 6.45) is 1.77. The average Bonchev–Trinajstić information content (AvgIpc) is 2.21. The molecule has 0 aromatic heterocycles. The summed E-state index contributed by atoms with van der Waals surface area (Å²) in [5.74, 6) is -0.345. The van der Waals surface area contributed by atoms with Crippen molar-refractivity contribution in [2.75, 3.05) is 0 Å². The topological polar surface area (TPSA) is 32.6 Å². The quantitative estimate of drug-likeness (QED) is 0.493. The Bertz CT molecular complexity index is 383. The van der Waals surface area contributed by atoms with E-state index in [0.717, 1.165) is 0 Å². The Labute approximate surface area is 96.6 Å². The monoisotopic (exact) mass is 247 g/mol. The molecule has 0 radical (unpaired) electrons. The molecular weight excluding hydrogens is 240 g/mol. The van der Waals surface area contributed by atoms with Crippen molar-refractivity contribution in [3.05, 3.63) is 46.2 Å². The second kappa shape index (κ2) is 5.73. The van der Waals surface area contributed by atoms with Gasteiger partial charge in [-0.05, 0) is 23.8 Å². The van der Waals surface area contributed by atoms with Gasteiger partial charge < -0.3 is 5.21 Å². The minimum absolute atomic E-state index is 0.0956. The highest BCUT2D eigenvalue weighted by atomic mass is 35.5. The number of oxime groups is 1. The van der Waals surface area contributed by atoms with E-state index in [1.807, 2.05) is 0 Å². The lowest BCUT2D eigenvalue weighted by Gasteiger charge is -2.01. The molecule has 0 atom stereocenters. The number of hydrogen-bond donors (Lipinski definition) is 1. The van der Waals surface area contributed by atoms with Gasteiger partial charge in [-0.3, -0.25) is 0 Å². The summed E-state index contributed by atoms with van der Waals surface area (Å²) in [6, 6.07) is 5.60. The van der Waals surface area contributed by atoms with E-state index >= 15 is 0 Å². The van der Waals surface area contributed by atoms with Crippen molar-refractivity contribution in [3.63, 3.8) is 0 Å². The normalized spacial score (nSPS) is 11.3. The van der Waals surface area contributed by atoms with Crippen molar-refractivity contribution in [3.8, 4) is 0 Å². The Morgan fingerprint density at radius 1 is 1.33 bits per heavy atom. The maximum Gasteiger partial charge on any atom is 0.123 e. The Balaban J connectivity index is 2.85. The fraction of sp³-hybridized carbons (Fsp3) is 0.100. The van der Waals surface area contributed by atoms with Crippen LogP contribution < -0.4 is 0 Å². The molecule has 15 heavy (non-hydrogen) atoms. The van der Waals surface area contributed by atoms with Gasteiger partial charge in [0.1, 0.15) is 10.3 Å². The van der Waals surface area contributed by atoms with E-state index < -0.39 is 0 Å². The fourth-order valence-electron chi connectivity index (χ4n) is 1.03. The van der Waals surface area contributed by atoms with Crippen LogP contribution in [0.4, 0.5) is 4.39 Å². The molecule has 5 heteroatoms. The van der Waals surface area contributed by atoms with Crippen LogP contribution in [0.25, 0.3) is 0 Å². The van der Waals surface area contributed by atoms with Gasteiger partial charge in [-0.15, -0.1) is 0 Å². The van der Waals surface area contributed by atoms with Crippen molar-refractivity contribution in [2.24, 2.45) is 5.16 Å². The van der Waals surface area contributed by atoms with Crippen molar-refractivity contribution >= 4 is 28.9 Å². The predicted octanol–water partition coefficient (Wildman–Crippen LogP) is 3.71. The maximum atomic E-state index is 12.6. The van der Waals surface area contributed by atoms with Gasteiger partial charge in [-0.1, -0.05) is 40.5 Å². The van der Waals surface area contributed by atoms with Gasteiger partial charge in [0, 0.05) is 6.42 Å². The molecular formula is C10H8Cl2FNO. The molecule has 0 unspecified atom stereocenters. The van der Waals surface area contributed by atoms with Gasteiger partial charge >= 0.3 is 0 Å². The molecule has 0 aliphatic heterocycles. The van der Waals surface area contributed by atoms with E-state index in [9.17, 15) is 4.39 Å². The van der Waals surface area contributed by atoms with Crippen LogP contribution in [0.1, 0.15) is 12.0 Å². The highest BCUT2D eigenvalue weighted by Crippen LogP contribution is 2.12. The first-order valence-electron chi connectivity index (χ1n) is 4.11. The molecule has 1 rings (SSSR count). The highest BCUT2D eigenvalue weighted by Gasteiger charge is 2.03. The van der Waals surface area contributed by atoms with Crippen LogP contribution in [0.2, 0.25) is 0 Å². The highest BCUT2D eigenvalue weighted by molar-refractivity contribution is 6.55. The summed E-state index contributed by atoms with van der Waals surface area (Å²) in [6.45, 7) is 0. The summed E-state index contributed by atoms with van der Waals surface area (Å²) in [7, 11) is 0. The van der Waals surface area contributed by atoms with Crippen LogP contribution in [-0.4, -0.2) is 10.9 Å². The molecule has 2 nitrogen and oxygen atoms in total. The first-order chi connectivity index (χ1) is 7.13. The zero-order chi connectivity index (χ0) is 11.3. The van der Waals surface area contributed by atoms with E-state index in [0.29, 0.717) is 11.3 Å². The summed E-state index contributed by atoms with van der Waals surface area (Å²) in [5, 5.41) is 11.8.